The smallest absolute Gasteiger partial charge is 0.261 e. The molecule has 5 rings (SSSR count). The van der Waals surface area contributed by atoms with Gasteiger partial charge in [-0.2, -0.15) is 0 Å². The van der Waals surface area contributed by atoms with Gasteiger partial charge >= 0.3 is 0 Å². The number of benzene rings is 2. The molecule has 9 nitrogen and oxygen atoms in total. The van der Waals surface area contributed by atoms with Crippen LogP contribution in [0.25, 0.3) is 28.1 Å². The molecule has 37 heavy (non-hydrogen) atoms. The summed E-state index contributed by atoms with van der Waals surface area (Å²) in [6, 6.07) is 15.3. The second kappa shape index (κ2) is 10.5. The molecule has 0 amide bonds. The molecule has 5 aromatic rings. The first-order valence-corrected chi connectivity index (χ1v) is 12.0. The Labute approximate surface area is 212 Å². The van der Waals surface area contributed by atoms with Crippen LogP contribution in [0.2, 0.25) is 0 Å². The lowest BCUT2D eigenvalue weighted by molar-refractivity contribution is -0.121. The molecule has 3 heterocycles. The molecule has 3 N–H and O–H groups in total. The summed E-state index contributed by atoms with van der Waals surface area (Å²) >= 11 is 0. The number of aliphatic hydroxyl groups is 1. The number of H-pyrrole nitrogens is 2. The van der Waals surface area contributed by atoms with Gasteiger partial charge in [-0.05, 0) is 42.7 Å². The highest BCUT2D eigenvalue weighted by molar-refractivity contribution is 5.96. The zero-order valence-corrected chi connectivity index (χ0v) is 20.3. The summed E-state index contributed by atoms with van der Waals surface area (Å²) in [6.07, 6.45) is 8.85. The van der Waals surface area contributed by atoms with Gasteiger partial charge in [-0.3, -0.25) is 14.6 Å². The summed E-state index contributed by atoms with van der Waals surface area (Å²) in [7, 11) is 0. The predicted molar refractivity (Wildman–Crippen MR) is 143 cm³/mol. The Morgan fingerprint density at radius 1 is 1.22 bits per heavy atom. The van der Waals surface area contributed by atoms with Crippen LogP contribution in [0.5, 0.6) is 0 Å². The van der Waals surface area contributed by atoms with Crippen molar-refractivity contribution in [3.63, 3.8) is 0 Å². The number of carbonyl (C=O) groups is 1. The minimum Gasteiger partial charge on any atom is -0.396 e. The third kappa shape index (κ3) is 5.17. The van der Waals surface area contributed by atoms with Crippen molar-refractivity contribution >= 4 is 28.7 Å². The first-order chi connectivity index (χ1) is 18.0. The fourth-order valence-corrected chi connectivity index (χ4v) is 4.34. The van der Waals surface area contributed by atoms with Gasteiger partial charge in [0.1, 0.15) is 17.2 Å². The van der Waals surface area contributed by atoms with E-state index in [1.54, 1.807) is 24.8 Å². The van der Waals surface area contributed by atoms with Crippen molar-refractivity contribution in [1.82, 2.24) is 24.5 Å². The van der Waals surface area contributed by atoms with E-state index in [4.69, 9.17) is 4.98 Å². The number of aromatic amines is 2. The summed E-state index contributed by atoms with van der Waals surface area (Å²) in [5.74, 6) is -0.276. The van der Waals surface area contributed by atoms with Crippen LogP contribution in [0.4, 0.5) is 5.69 Å². The van der Waals surface area contributed by atoms with Crippen molar-refractivity contribution < 1.29 is 9.90 Å². The highest BCUT2D eigenvalue weighted by atomic mass is 16.3. The van der Waals surface area contributed by atoms with Crippen molar-refractivity contribution in [2.24, 2.45) is 10.9 Å². The average Bonchev–Trinajstić information content (AvgIpc) is 3.58. The van der Waals surface area contributed by atoms with Crippen molar-refractivity contribution in [3.05, 3.63) is 94.9 Å². The van der Waals surface area contributed by atoms with Crippen LogP contribution in [-0.2, 0) is 11.2 Å². The monoisotopic (exact) mass is 494 g/mol. The van der Waals surface area contributed by atoms with Gasteiger partial charge in [0.05, 0.1) is 29.0 Å². The number of ketones is 1. The van der Waals surface area contributed by atoms with Crippen molar-refractivity contribution in [1.29, 1.82) is 0 Å². The Morgan fingerprint density at radius 2 is 2.05 bits per heavy atom. The van der Waals surface area contributed by atoms with Gasteiger partial charge in [0, 0.05) is 43.5 Å². The SMILES string of the molecule is Cc1cc(-n2ccnc2)cc2[nH]c(-c3c(N=CC(Cc4ccccc4)C(=O)CCO)cc[nH]c3=O)nc12. The molecule has 0 fully saturated rings. The van der Waals surface area contributed by atoms with Crippen molar-refractivity contribution in [2.45, 2.75) is 19.8 Å². The van der Waals surface area contributed by atoms with Crippen LogP contribution >= 0.6 is 0 Å². The summed E-state index contributed by atoms with van der Waals surface area (Å²) in [5.41, 5.74) is 4.70. The number of hydrogen-bond donors (Lipinski definition) is 3. The third-order valence-corrected chi connectivity index (χ3v) is 6.20. The summed E-state index contributed by atoms with van der Waals surface area (Å²) in [5, 5.41) is 9.31. The molecule has 2 aromatic carbocycles. The number of hydrogen-bond acceptors (Lipinski definition) is 6. The van der Waals surface area contributed by atoms with E-state index >= 15 is 0 Å². The first-order valence-electron chi connectivity index (χ1n) is 12.0. The number of Topliss-reactive ketones (excluding diaryl/α,β-unsaturated/α-hetero) is 1. The number of rotatable bonds is 9. The third-order valence-electron chi connectivity index (χ3n) is 6.20. The maximum absolute atomic E-state index is 12.9. The summed E-state index contributed by atoms with van der Waals surface area (Å²) in [4.78, 5) is 45.0. The molecule has 0 bridgehead atoms. The van der Waals surface area contributed by atoms with Gasteiger partial charge in [-0.1, -0.05) is 30.3 Å². The summed E-state index contributed by atoms with van der Waals surface area (Å²) in [6.45, 7) is 1.73. The van der Waals surface area contributed by atoms with E-state index < -0.39 is 5.92 Å². The molecule has 3 aromatic heterocycles. The van der Waals surface area contributed by atoms with Gasteiger partial charge in [-0.25, -0.2) is 9.97 Å². The average molecular weight is 495 g/mol. The zero-order valence-electron chi connectivity index (χ0n) is 20.3. The van der Waals surface area contributed by atoms with E-state index in [0.717, 1.165) is 27.8 Å². The highest BCUT2D eigenvalue weighted by Gasteiger charge is 2.19. The van der Waals surface area contributed by atoms with E-state index in [9.17, 15) is 14.7 Å². The number of fused-ring (bicyclic) bond motifs is 1. The Balaban J connectivity index is 1.53. The van der Waals surface area contributed by atoms with E-state index in [0.29, 0.717) is 17.9 Å². The zero-order chi connectivity index (χ0) is 25.8. The van der Waals surface area contributed by atoms with Crippen molar-refractivity contribution in [2.75, 3.05) is 6.61 Å². The van der Waals surface area contributed by atoms with E-state index in [2.05, 4.69) is 19.9 Å². The van der Waals surface area contributed by atoms with Crippen LogP contribution < -0.4 is 5.56 Å². The standard InChI is InChI=1S/C28H26N6O3/c1-18-13-21(34-11-10-29-17-34)15-23-26(18)33-27(32-23)25-22(7-9-30-28(25)37)31-16-20(24(36)8-12-35)14-19-5-3-2-4-6-19/h2-7,9-11,13,15-17,20,35H,8,12,14H2,1H3,(H,30,37)(H,32,33). The Hall–Kier alpha value is -4.63. The van der Waals surface area contributed by atoms with Gasteiger partial charge in [0.25, 0.3) is 5.56 Å². The molecule has 9 heteroatoms. The quantitative estimate of drug-likeness (QED) is 0.268. The van der Waals surface area contributed by atoms with E-state index in [1.807, 2.05) is 60.2 Å². The molecular formula is C28H26N6O3. The van der Waals surface area contributed by atoms with E-state index in [1.165, 1.54) is 6.20 Å². The minimum absolute atomic E-state index is 0.0356. The lowest BCUT2D eigenvalue weighted by atomic mass is 9.94. The number of aryl methyl sites for hydroxylation is 1. The molecule has 0 radical (unpaired) electrons. The van der Waals surface area contributed by atoms with Crippen LogP contribution in [0, 0.1) is 12.8 Å². The molecule has 0 saturated heterocycles. The largest absolute Gasteiger partial charge is 0.396 e. The molecule has 0 saturated carbocycles. The maximum atomic E-state index is 12.9. The number of nitrogens with one attached hydrogen (secondary N) is 2. The topological polar surface area (TPSA) is 129 Å². The van der Waals surface area contributed by atoms with Gasteiger partial charge in [0.15, 0.2) is 0 Å². The minimum atomic E-state index is -0.544. The Bertz CT molecular complexity index is 1620. The van der Waals surface area contributed by atoms with Crippen LogP contribution in [0.3, 0.4) is 0 Å². The van der Waals surface area contributed by atoms with Crippen molar-refractivity contribution in [3.8, 4) is 17.1 Å². The van der Waals surface area contributed by atoms with Gasteiger partial charge in [0.2, 0.25) is 0 Å². The maximum Gasteiger partial charge on any atom is 0.261 e. The second-order valence-corrected chi connectivity index (χ2v) is 8.80. The second-order valence-electron chi connectivity index (χ2n) is 8.80. The number of imidazole rings is 2. The first kappa shape index (κ1) is 24.1. The number of carbonyl (C=O) groups excluding carboxylic acids is 1. The lowest BCUT2D eigenvalue weighted by Crippen LogP contribution is -2.20. The molecule has 1 atom stereocenters. The predicted octanol–water partition coefficient (Wildman–Crippen LogP) is 3.93. The van der Waals surface area contributed by atoms with E-state index in [-0.39, 0.29) is 29.9 Å². The number of pyridine rings is 1. The number of nitrogens with zero attached hydrogens (tertiary/aromatic N) is 4. The van der Waals surface area contributed by atoms with Crippen LogP contribution in [-0.4, -0.2) is 48.2 Å². The molecule has 186 valence electrons. The fourth-order valence-electron chi connectivity index (χ4n) is 4.34. The van der Waals surface area contributed by atoms with Gasteiger partial charge in [-0.15, -0.1) is 0 Å². The number of aromatic nitrogens is 5. The lowest BCUT2D eigenvalue weighted by Gasteiger charge is -2.11. The molecule has 0 aliphatic carbocycles. The molecule has 0 spiro atoms. The molecule has 0 aliphatic rings. The molecule has 1 unspecified atom stereocenters. The Kier molecular flexibility index (Phi) is 6.87. The normalized spacial score (nSPS) is 12.4. The van der Waals surface area contributed by atoms with Crippen LogP contribution in [0.1, 0.15) is 17.5 Å². The Morgan fingerprint density at radius 3 is 2.81 bits per heavy atom. The van der Waals surface area contributed by atoms with Crippen LogP contribution in [0.15, 0.2) is 83.2 Å². The number of aliphatic imine (C=N–C) groups is 1. The molecular weight excluding hydrogens is 468 g/mol. The highest BCUT2D eigenvalue weighted by Crippen LogP contribution is 2.29. The summed E-state index contributed by atoms with van der Waals surface area (Å²) < 4.78 is 1.90. The molecule has 0 aliphatic heterocycles. The van der Waals surface area contributed by atoms with Gasteiger partial charge < -0.3 is 19.6 Å². The number of aliphatic hydroxyl groups excluding tert-OH is 1. The fraction of sp³-hybridized carbons (Fsp3) is 0.179.